The van der Waals surface area contributed by atoms with E-state index in [1.807, 2.05) is 0 Å². The third-order valence-corrected chi connectivity index (χ3v) is 4.67. The summed E-state index contributed by atoms with van der Waals surface area (Å²) in [5.74, 6) is 0. The summed E-state index contributed by atoms with van der Waals surface area (Å²) in [6.07, 6.45) is 0. The number of nitrogen functional groups attached to an aromatic ring is 2. The van der Waals surface area contributed by atoms with E-state index in [2.05, 4.69) is 0 Å². The van der Waals surface area contributed by atoms with E-state index in [4.69, 9.17) is 81.1 Å². The van der Waals surface area contributed by atoms with Crippen LogP contribution in [0.3, 0.4) is 0 Å². The Morgan fingerprint density at radius 1 is 0.550 bits per heavy atom. The Kier molecular flexibility index (Phi) is 4.75. The minimum atomic E-state index is 0.146. The minimum absolute atomic E-state index is 0.146. The van der Waals surface area contributed by atoms with Gasteiger partial charge in [-0.3, -0.25) is 0 Å². The fourth-order valence-electron chi connectivity index (χ4n) is 1.67. The number of benzene rings is 2. The van der Waals surface area contributed by atoms with Crippen LogP contribution in [0.25, 0.3) is 11.1 Å². The predicted molar refractivity (Wildman–Crippen MR) is 90.8 cm³/mol. The molecule has 20 heavy (non-hydrogen) atoms. The zero-order chi connectivity index (χ0) is 15.2. The lowest BCUT2D eigenvalue weighted by Gasteiger charge is -2.16. The van der Waals surface area contributed by atoms with Crippen molar-refractivity contribution in [3.63, 3.8) is 0 Å². The van der Waals surface area contributed by atoms with Gasteiger partial charge in [-0.1, -0.05) is 69.6 Å². The molecule has 0 aliphatic carbocycles. The van der Waals surface area contributed by atoms with Crippen LogP contribution in [-0.2, 0) is 0 Å². The third-order valence-electron chi connectivity index (χ3n) is 2.66. The molecule has 0 bridgehead atoms. The smallest absolute Gasteiger partial charge is 0.0745 e. The first-order valence-electron chi connectivity index (χ1n) is 5.12. The van der Waals surface area contributed by atoms with Gasteiger partial charge in [0.05, 0.1) is 41.5 Å². The fourth-order valence-corrected chi connectivity index (χ4v) is 3.57. The van der Waals surface area contributed by atoms with Gasteiger partial charge in [0.15, 0.2) is 0 Å². The SMILES string of the molecule is Nc1c(Cl)cc(Cl)c(-c2c(Cl)cc(Cl)c(N)c2Cl)c1Cl. The maximum absolute atomic E-state index is 6.19. The standard InChI is InChI=1S/C12H6Cl6N2/c13-3-1-5(15)11(19)9(17)7(3)8-4(14)2-6(16)12(20)10(8)18/h1-2H,19-20H2. The fraction of sp³-hybridized carbons (Fsp3) is 0. The number of anilines is 2. The van der Waals surface area contributed by atoms with E-state index in [0.717, 1.165) is 0 Å². The first kappa shape index (κ1) is 16.2. The monoisotopic (exact) mass is 388 g/mol. The Morgan fingerprint density at radius 3 is 1.15 bits per heavy atom. The van der Waals surface area contributed by atoms with Crippen molar-refractivity contribution in [3.05, 3.63) is 42.3 Å². The number of hydrogen-bond donors (Lipinski definition) is 2. The molecular formula is C12H6Cl6N2. The number of hydrogen-bond acceptors (Lipinski definition) is 2. The molecule has 0 atom stereocenters. The summed E-state index contributed by atoms with van der Waals surface area (Å²) in [5, 5.41) is 1.26. The summed E-state index contributed by atoms with van der Waals surface area (Å²) in [7, 11) is 0. The van der Waals surface area contributed by atoms with Crippen molar-refractivity contribution in [1.29, 1.82) is 0 Å². The molecule has 0 unspecified atom stereocenters. The average Bonchev–Trinajstić information content (AvgIpc) is 2.37. The second-order valence-electron chi connectivity index (χ2n) is 3.89. The van der Waals surface area contributed by atoms with Gasteiger partial charge in [0.25, 0.3) is 0 Å². The summed E-state index contributed by atoms with van der Waals surface area (Å²) in [5.41, 5.74) is 12.6. The highest BCUT2D eigenvalue weighted by Gasteiger charge is 2.22. The molecule has 2 aromatic carbocycles. The zero-order valence-electron chi connectivity index (χ0n) is 9.58. The highest BCUT2D eigenvalue weighted by molar-refractivity contribution is 6.49. The van der Waals surface area contributed by atoms with Crippen LogP contribution in [0.15, 0.2) is 12.1 Å². The van der Waals surface area contributed by atoms with Gasteiger partial charge in [-0.2, -0.15) is 0 Å². The van der Waals surface area contributed by atoms with Gasteiger partial charge in [0.2, 0.25) is 0 Å². The molecule has 0 amide bonds. The first-order valence-corrected chi connectivity index (χ1v) is 7.38. The van der Waals surface area contributed by atoms with Crippen LogP contribution in [0, 0.1) is 0 Å². The highest BCUT2D eigenvalue weighted by atomic mass is 35.5. The van der Waals surface area contributed by atoms with Crippen molar-refractivity contribution in [2.75, 3.05) is 11.5 Å². The summed E-state index contributed by atoms with van der Waals surface area (Å²) in [6, 6.07) is 2.91. The van der Waals surface area contributed by atoms with Crippen LogP contribution >= 0.6 is 69.6 Å². The Balaban J connectivity index is 2.90. The van der Waals surface area contributed by atoms with Gasteiger partial charge in [0.1, 0.15) is 0 Å². The van der Waals surface area contributed by atoms with Crippen molar-refractivity contribution in [2.24, 2.45) is 0 Å². The lowest BCUT2D eigenvalue weighted by atomic mass is 10.0. The van der Waals surface area contributed by atoms with E-state index in [1.54, 1.807) is 0 Å². The second-order valence-corrected chi connectivity index (χ2v) is 6.27. The molecule has 0 saturated carbocycles. The third kappa shape index (κ3) is 2.61. The topological polar surface area (TPSA) is 52.0 Å². The molecule has 8 heteroatoms. The molecule has 106 valence electrons. The molecule has 0 spiro atoms. The largest absolute Gasteiger partial charge is 0.396 e. The van der Waals surface area contributed by atoms with E-state index >= 15 is 0 Å². The van der Waals surface area contributed by atoms with E-state index in [1.165, 1.54) is 12.1 Å². The summed E-state index contributed by atoms with van der Waals surface area (Å²) < 4.78 is 0. The lowest BCUT2D eigenvalue weighted by Crippen LogP contribution is -1.96. The Bertz CT molecular complexity index is 653. The van der Waals surface area contributed by atoms with Crippen LogP contribution in [-0.4, -0.2) is 0 Å². The predicted octanol–water partition coefficient (Wildman–Crippen LogP) is 6.44. The molecule has 0 saturated heterocycles. The molecule has 0 heterocycles. The maximum Gasteiger partial charge on any atom is 0.0745 e. The molecular weight excluding hydrogens is 385 g/mol. The van der Waals surface area contributed by atoms with Crippen LogP contribution in [0.1, 0.15) is 0 Å². The quantitative estimate of drug-likeness (QED) is 0.550. The van der Waals surface area contributed by atoms with Gasteiger partial charge >= 0.3 is 0 Å². The minimum Gasteiger partial charge on any atom is -0.396 e. The van der Waals surface area contributed by atoms with E-state index in [9.17, 15) is 0 Å². The molecule has 0 radical (unpaired) electrons. The molecule has 2 aromatic rings. The van der Waals surface area contributed by atoms with Crippen molar-refractivity contribution in [2.45, 2.75) is 0 Å². The molecule has 2 nitrogen and oxygen atoms in total. The molecule has 0 aliphatic rings. The van der Waals surface area contributed by atoms with Gasteiger partial charge in [-0.15, -0.1) is 0 Å². The Labute approximate surface area is 145 Å². The molecule has 4 N–H and O–H groups in total. The van der Waals surface area contributed by atoms with Gasteiger partial charge in [-0.05, 0) is 12.1 Å². The summed E-state index contributed by atoms with van der Waals surface area (Å²) in [6.45, 7) is 0. The van der Waals surface area contributed by atoms with Crippen molar-refractivity contribution < 1.29 is 0 Å². The summed E-state index contributed by atoms with van der Waals surface area (Å²) >= 11 is 36.5. The highest BCUT2D eigenvalue weighted by Crippen LogP contribution is 2.49. The Hall–Kier alpha value is -0.220. The van der Waals surface area contributed by atoms with Crippen LogP contribution in [0.4, 0.5) is 11.4 Å². The molecule has 0 aliphatic heterocycles. The maximum atomic E-state index is 6.19. The molecule has 0 aromatic heterocycles. The van der Waals surface area contributed by atoms with E-state index < -0.39 is 0 Å². The van der Waals surface area contributed by atoms with Crippen molar-refractivity contribution in [3.8, 4) is 11.1 Å². The van der Waals surface area contributed by atoms with Crippen molar-refractivity contribution >= 4 is 81.0 Å². The van der Waals surface area contributed by atoms with Gasteiger partial charge in [0, 0.05) is 11.1 Å². The van der Waals surface area contributed by atoms with E-state index in [-0.39, 0.29) is 41.5 Å². The normalized spacial score (nSPS) is 10.9. The molecule has 0 fully saturated rings. The van der Waals surface area contributed by atoms with Gasteiger partial charge < -0.3 is 11.5 Å². The number of rotatable bonds is 1. The summed E-state index contributed by atoms with van der Waals surface area (Å²) in [4.78, 5) is 0. The Morgan fingerprint density at radius 2 is 0.850 bits per heavy atom. The van der Waals surface area contributed by atoms with E-state index in [0.29, 0.717) is 11.1 Å². The van der Waals surface area contributed by atoms with Gasteiger partial charge in [-0.25, -0.2) is 0 Å². The number of halogens is 6. The molecule has 2 rings (SSSR count). The van der Waals surface area contributed by atoms with Crippen LogP contribution < -0.4 is 11.5 Å². The van der Waals surface area contributed by atoms with Crippen molar-refractivity contribution in [1.82, 2.24) is 0 Å². The lowest BCUT2D eigenvalue weighted by molar-refractivity contribution is 1.60. The van der Waals surface area contributed by atoms with Crippen LogP contribution in [0.2, 0.25) is 30.1 Å². The average molecular weight is 391 g/mol. The second kappa shape index (κ2) is 5.88. The van der Waals surface area contributed by atoms with Crippen LogP contribution in [0.5, 0.6) is 0 Å². The first-order chi connectivity index (χ1) is 9.25. The zero-order valence-corrected chi connectivity index (χ0v) is 14.1. The number of nitrogens with two attached hydrogens (primary N) is 2.